The van der Waals surface area contributed by atoms with E-state index in [9.17, 15) is 0 Å². The van der Waals surface area contributed by atoms with Gasteiger partial charge < -0.3 is 5.41 Å². The number of hydrogen-bond donors (Lipinski definition) is 1. The van der Waals surface area contributed by atoms with E-state index in [1.54, 1.807) is 5.57 Å². The van der Waals surface area contributed by atoms with Crippen LogP contribution in [0.1, 0.15) is 51.9 Å². The van der Waals surface area contributed by atoms with Gasteiger partial charge in [-0.1, -0.05) is 24.6 Å². The Morgan fingerprint density at radius 3 is 2.78 bits per heavy atom. The minimum atomic E-state index is 0.394. The molecule has 0 aromatic rings. The maximum atomic E-state index is 8.06. The molecule has 3 saturated carbocycles. The molecule has 0 spiro atoms. The minimum absolute atomic E-state index is 0.394. The van der Waals surface area contributed by atoms with Gasteiger partial charge in [0.05, 0.1) is 0 Å². The highest BCUT2D eigenvalue weighted by Crippen LogP contribution is 2.65. The Morgan fingerprint density at radius 1 is 1.22 bits per heavy atom. The molecule has 1 nitrogen and oxygen atoms in total. The monoisotopic (exact) mass is 309 g/mol. The largest absolute Gasteiger partial charge is 0.305 e. The molecule has 0 amide bonds. The van der Waals surface area contributed by atoms with E-state index in [2.05, 4.69) is 38.3 Å². The highest BCUT2D eigenvalue weighted by molar-refractivity contribution is 5.93. The third kappa shape index (κ3) is 2.08. The Kier molecular flexibility index (Phi) is 3.66. The summed E-state index contributed by atoms with van der Waals surface area (Å²) in [6.45, 7) is 10.9. The van der Waals surface area contributed by atoms with E-state index in [1.165, 1.54) is 32.1 Å². The van der Waals surface area contributed by atoms with Crippen LogP contribution in [0, 0.1) is 46.3 Å². The molecule has 4 rings (SSSR count). The lowest BCUT2D eigenvalue weighted by atomic mass is 9.48. The van der Waals surface area contributed by atoms with Crippen molar-refractivity contribution in [1.29, 1.82) is 5.41 Å². The smallest absolute Gasteiger partial charge is 0.0313 e. The van der Waals surface area contributed by atoms with Gasteiger partial charge in [-0.05, 0) is 91.9 Å². The molecule has 0 radical (unpaired) electrons. The van der Waals surface area contributed by atoms with Crippen LogP contribution in [-0.4, -0.2) is 5.71 Å². The Bertz CT molecular complexity index is 571. The Balaban J connectivity index is 1.73. The molecule has 0 bridgehead atoms. The molecule has 4 aliphatic carbocycles. The summed E-state index contributed by atoms with van der Waals surface area (Å²) in [7, 11) is 0. The molecule has 0 aromatic carbocycles. The van der Waals surface area contributed by atoms with Crippen molar-refractivity contribution in [2.75, 3.05) is 0 Å². The standard InChI is InChI=1S/C22H31N/c1-4-15-12-16-13-17(23)7-8-18(16)19-10-11-22(5-2)14(3)6-9-20(22)21(15)19/h4-5,13-15,18-21,23H,1-2,6-12H2,3H3. The van der Waals surface area contributed by atoms with E-state index in [0.29, 0.717) is 11.3 Å². The van der Waals surface area contributed by atoms with Crippen LogP contribution >= 0.6 is 0 Å². The molecule has 1 N–H and O–H groups in total. The summed E-state index contributed by atoms with van der Waals surface area (Å²) < 4.78 is 0. The summed E-state index contributed by atoms with van der Waals surface area (Å²) in [6, 6.07) is 0. The summed E-state index contributed by atoms with van der Waals surface area (Å²) in [6.07, 6.45) is 15.6. The molecule has 1 heteroatoms. The van der Waals surface area contributed by atoms with Crippen LogP contribution in [0.5, 0.6) is 0 Å². The maximum Gasteiger partial charge on any atom is 0.0313 e. The van der Waals surface area contributed by atoms with Gasteiger partial charge >= 0.3 is 0 Å². The van der Waals surface area contributed by atoms with Gasteiger partial charge in [0, 0.05) is 5.71 Å². The van der Waals surface area contributed by atoms with E-state index in [1.807, 2.05) is 0 Å². The Hall–Kier alpha value is -1.11. The summed E-state index contributed by atoms with van der Waals surface area (Å²) >= 11 is 0. The lowest BCUT2D eigenvalue weighted by Gasteiger charge is -2.56. The van der Waals surface area contributed by atoms with Crippen molar-refractivity contribution in [2.45, 2.75) is 51.9 Å². The van der Waals surface area contributed by atoms with Crippen LogP contribution in [-0.2, 0) is 0 Å². The van der Waals surface area contributed by atoms with Gasteiger partial charge in [0.25, 0.3) is 0 Å². The highest BCUT2D eigenvalue weighted by atomic mass is 14.6. The van der Waals surface area contributed by atoms with Crippen molar-refractivity contribution < 1.29 is 0 Å². The van der Waals surface area contributed by atoms with Gasteiger partial charge in [-0.3, -0.25) is 0 Å². The average Bonchev–Trinajstić information content (AvgIpc) is 2.90. The SMILES string of the molecule is C=CC1CC2=CC(=N)CCC2C2CCC3(C=C)C(C)CCC3C12. The minimum Gasteiger partial charge on any atom is -0.305 e. The van der Waals surface area contributed by atoms with Crippen LogP contribution in [0.2, 0.25) is 0 Å². The molecule has 3 fully saturated rings. The van der Waals surface area contributed by atoms with E-state index in [4.69, 9.17) is 5.41 Å². The molecule has 7 atom stereocenters. The van der Waals surface area contributed by atoms with Crippen LogP contribution < -0.4 is 0 Å². The van der Waals surface area contributed by atoms with Gasteiger partial charge in [-0.25, -0.2) is 0 Å². The predicted molar refractivity (Wildman–Crippen MR) is 97.6 cm³/mol. The summed E-state index contributed by atoms with van der Waals surface area (Å²) in [5.74, 6) is 4.62. The fourth-order valence-corrected chi connectivity index (χ4v) is 7.01. The van der Waals surface area contributed by atoms with E-state index in [-0.39, 0.29) is 0 Å². The number of nitrogens with one attached hydrogen (secondary N) is 1. The van der Waals surface area contributed by atoms with Crippen molar-refractivity contribution >= 4 is 5.71 Å². The first kappa shape index (κ1) is 15.4. The molecule has 0 aliphatic heterocycles. The van der Waals surface area contributed by atoms with Crippen molar-refractivity contribution in [3.8, 4) is 0 Å². The van der Waals surface area contributed by atoms with E-state index in [0.717, 1.165) is 48.1 Å². The molecule has 0 aromatic heterocycles. The second-order valence-electron chi connectivity index (χ2n) is 8.67. The molecule has 0 saturated heterocycles. The zero-order valence-corrected chi connectivity index (χ0v) is 14.6. The summed E-state index contributed by atoms with van der Waals surface area (Å²) in [5.41, 5.74) is 2.82. The molecular formula is C22H31N. The Morgan fingerprint density at radius 2 is 2.04 bits per heavy atom. The first-order valence-electron chi connectivity index (χ1n) is 9.64. The first-order chi connectivity index (χ1) is 11.1. The molecule has 4 aliphatic rings. The van der Waals surface area contributed by atoms with Crippen molar-refractivity contribution in [3.63, 3.8) is 0 Å². The fourth-order valence-electron chi connectivity index (χ4n) is 7.01. The van der Waals surface area contributed by atoms with Gasteiger partial charge in [0.1, 0.15) is 0 Å². The molecule has 23 heavy (non-hydrogen) atoms. The molecular weight excluding hydrogens is 278 g/mol. The summed E-state index contributed by atoms with van der Waals surface area (Å²) in [5, 5.41) is 8.06. The van der Waals surface area contributed by atoms with E-state index >= 15 is 0 Å². The number of allylic oxidation sites excluding steroid dienone is 4. The number of hydrogen-bond acceptors (Lipinski definition) is 1. The van der Waals surface area contributed by atoms with Crippen LogP contribution in [0.3, 0.4) is 0 Å². The zero-order valence-electron chi connectivity index (χ0n) is 14.6. The van der Waals surface area contributed by atoms with Gasteiger partial charge in [0.2, 0.25) is 0 Å². The van der Waals surface area contributed by atoms with Crippen LogP contribution in [0.15, 0.2) is 37.0 Å². The zero-order chi connectivity index (χ0) is 16.2. The second kappa shape index (κ2) is 5.46. The number of rotatable bonds is 2. The fraction of sp³-hybridized carbons (Fsp3) is 0.682. The highest BCUT2D eigenvalue weighted by Gasteiger charge is 2.57. The Labute approximate surface area is 141 Å². The van der Waals surface area contributed by atoms with Crippen molar-refractivity contribution in [1.82, 2.24) is 0 Å². The van der Waals surface area contributed by atoms with Crippen molar-refractivity contribution in [3.05, 3.63) is 37.0 Å². The molecule has 124 valence electrons. The normalized spacial score (nSPS) is 48.7. The average molecular weight is 309 g/mol. The van der Waals surface area contributed by atoms with Crippen LogP contribution in [0.4, 0.5) is 0 Å². The first-order valence-corrected chi connectivity index (χ1v) is 9.64. The maximum absolute atomic E-state index is 8.06. The van der Waals surface area contributed by atoms with Crippen molar-refractivity contribution in [2.24, 2.45) is 40.9 Å². The lowest BCUT2D eigenvalue weighted by Crippen LogP contribution is -2.49. The van der Waals surface area contributed by atoms with E-state index < -0.39 is 0 Å². The summed E-state index contributed by atoms with van der Waals surface area (Å²) in [4.78, 5) is 0. The van der Waals surface area contributed by atoms with Gasteiger partial charge in [0.15, 0.2) is 0 Å². The molecule has 0 heterocycles. The third-order valence-electron chi connectivity index (χ3n) is 8.11. The second-order valence-corrected chi connectivity index (χ2v) is 8.67. The lowest BCUT2D eigenvalue weighted by molar-refractivity contribution is -0.0192. The van der Waals surface area contributed by atoms with Gasteiger partial charge in [-0.2, -0.15) is 0 Å². The third-order valence-corrected chi connectivity index (χ3v) is 8.11. The quantitative estimate of drug-likeness (QED) is 0.624. The number of fused-ring (bicyclic) bond motifs is 5. The topological polar surface area (TPSA) is 23.9 Å². The van der Waals surface area contributed by atoms with Crippen LogP contribution in [0.25, 0.3) is 0 Å². The predicted octanol–water partition coefficient (Wildman–Crippen LogP) is 5.79. The molecule has 7 unspecified atom stereocenters. The van der Waals surface area contributed by atoms with Gasteiger partial charge in [-0.15, -0.1) is 13.2 Å².